The van der Waals surface area contributed by atoms with E-state index in [2.05, 4.69) is 10.6 Å². The first-order chi connectivity index (χ1) is 22.5. The average Bonchev–Trinajstić information content (AvgIpc) is 3.01. The van der Waals surface area contributed by atoms with E-state index in [9.17, 15) is 19.2 Å². The highest BCUT2D eigenvalue weighted by molar-refractivity contribution is 6.10. The van der Waals surface area contributed by atoms with E-state index in [1.54, 1.807) is 48.6 Å². The zero-order chi connectivity index (χ0) is 34.6. The van der Waals surface area contributed by atoms with Crippen LogP contribution in [-0.4, -0.2) is 114 Å². The number of ether oxygens (including phenoxy) is 4. The van der Waals surface area contributed by atoms with Gasteiger partial charge in [0, 0.05) is 26.2 Å². The maximum atomic E-state index is 12.5. The molecule has 2 N–H and O–H groups in total. The number of hydrogen-bond acceptors (Lipinski definition) is 12. The fourth-order valence-electron chi connectivity index (χ4n) is 3.93. The lowest BCUT2D eigenvalue weighted by Crippen LogP contribution is -2.32. The van der Waals surface area contributed by atoms with Crippen molar-refractivity contribution in [3.8, 4) is 23.0 Å². The molecular weight excluding hydrogens is 604 g/mol. The molecule has 0 spiro atoms. The summed E-state index contributed by atoms with van der Waals surface area (Å²) in [5.74, 6) is -0.354. The lowest BCUT2D eigenvalue weighted by molar-refractivity contribution is -0.134. The second-order valence-electron chi connectivity index (χ2n) is 11.0. The van der Waals surface area contributed by atoms with Crippen LogP contribution in [0.1, 0.15) is 31.4 Å². The molecule has 2 aromatic rings. The van der Waals surface area contributed by atoms with Gasteiger partial charge < -0.3 is 39.4 Å². The third-order valence-corrected chi connectivity index (χ3v) is 6.26. The summed E-state index contributed by atoms with van der Waals surface area (Å²) >= 11 is 0. The van der Waals surface area contributed by atoms with E-state index in [1.807, 2.05) is 51.8 Å². The van der Waals surface area contributed by atoms with Crippen LogP contribution in [0, 0.1) is 0 Å². The van der Waals surface area contributed by atoms with Crippen molar-refractivity contribution in [2.75, 3.05) is 80.7 Å². The predicted octanol–water partition coefficient (Wildman–Crippen LogP) is 2.85. The van der Waals surface area contributed by atoms with Crippen molar-refractivity contribution in [1.29, 1.82) is 0 Å². The van der Waals surface area contributed by atoms with Gasteiger partial charge in [0.15, 0.2) is 34.6 Å². The number of esters is 2. The Hall–Kier alpha value is -4.36. The Morgan fingerprint density at radius 2 is 1.04 bits per heavy atom. The van der Waals surface area contributed by atoms with Crippen molar-refractivity contribution in [2.24, 2.45) is 0 Å². The van der Waals surface area contributed by atoms with Crippen molar-refractivity contribution >= 4 is 35.7 Å². The maximum Gasteiger partial charge on any atom is 0.325 e. The Labute approximate surface area is 277 Å². The number of allylic oxidation sites excluding steroid dienone is 2. The van der Waals surface area contributed by atoms with Crippen LogP contribution in [0.2, 0.25) is 0 Å². The summed E-state index contributed by atoms with van der Waals surface area (Å²) in [4.78, 5) is 53.5. The number of nitrogens with zero attached hydrogens (tertiary/aromatic N) is 2. The van der Waals surface area contributed by atoms with Crippen LogP contribution in [0.3, 0.4) is 0 Å². The molecule has 12 nitrogen and oxygen atoms in total. The molecule has 0 aliphatic rings. The SMILES string of the molecule is CCOc1cc(/C=C/C(=O)CC(=O)/C=C/c2ccc(OC(=O)CNCCN(C)C)c(OCC)c2)ccc1OC(=O)CNCCN(C)C. The van der Waals surface area contributed by atoms with Crippen LogP contribution in [0.5, 0.6) is 23.0 Å². The lowest BCUT2D eigenvalue weighted by Gasteiger charge is -2.13. The molecule has 0 aliphatic heterocycles. The van der Waals surface area contributed by atoms with Crippen molar-refractivity contribution in [1.82, 2.24) is 20.4 Å². The zero-order valence-corrected chi connectivity index (χ0v) is 28.3. The van der Waals surface area contributed by atoms with Gasteiger partial charge in [0.2, 0.25) is 0 Å². The molecule has 2 aromatic carbocycles. The van der Waals surface area contributed by atoms with Gasteiger partial charge in [-0.05, 0) is 89.6 Å². The van der Waals surface area contributed by atoms with E-state index in [-0.39, 0.29) is 42.6 Å². The molecule has 0 aliphatic carbocycles. The minimum atomic E-state index is -0.442. The predicted molar refractivity (Wildman–Crippen MR) is 182 cm³/mol. The quantitative estimate of drug-likeness (QED) is 0.0637. The van der Waals surface area contributed by atoms with E-state index < -0.39 is 11.9 Å². The molecule has 0 bridgehead atoms. The van der Waals surface area contributed by atoms with E-state index in [1.165, 1.54) is 12.2 Å². The monoisotopic (exact) mass is 652 g/mol. The molecule has 0 radical (unpaired) electrons. The van der Waals surface area contributed by atoms with Gasteiger partial charge in [0.1, 0.15) is 0 Å². The highest BCUT2D eigenvalue weighted by atomic mass is 16.6. The lowest BCUT2D eigenvalue weighted by atomic mass is 10.1. The number of nitrogens with one attached hydrogen (secondary N) is 2. The van der Waals surface area contributed by atoms with Gasteiger partial charge in [-0.3, -0.25) is 19.2 Å². The van der Waals surface area contributed by atoms with Gasteiger partial charge in [-0.1, -0.05) is 24.3 Å². The average molecular weight is 653 g/mol. The summed E-state index contributed by atoms with van der Waals surface area (Å²) in [6.45, 7) is 7.32. The number of likely N-dealkylation sites (N-methyl/N-ethyl adjacent to an activating group) is 2. The van der Waals surface area contributed by atoms with Crippen LogP contribution in [0.4, 0.5) is 0 Å². The van der Waals surface area contributed by atoms with Crippen LogP contribution in [0.25, 0.3) is 12.2 Å². The molecule has 0 aromatic heterocycles. The largest absolute Gasteiger partial charge is 0.490 e. The molecule has 2 rings (SSSR count). The van der Waals surface area contributed by atoms with Gasteiger partial charge in [-0.15, -0.1) is 0 Å². The van der Waals surface area contributed by atoms with Crippen LogP contribution in [0.15, 0.2) is 48.6 Å². The van der Waals surface area contributed by atoms with Crippen molar-refractivity contribution < 1.29 is 38.1 Å². The van der Waals surface area contributed by atoms with Crippen LogP contribution >= 0.6 is 0 Å². The molecule has 0 atom stereocenters. The van der Waals surface area contributed by atoms with Crippen LogP contribution in [-0.2, 0) is 19.2 Å². The smallest absolute Gasteiger partial charge is 0.325 e. The molecule has 0 heterocycles. The molecule has 12 heteroatoms. The molecular formula is C35H48N4O8. The van der Waals surface area contributed by atoms with Crippen LogP contribution < -0.4 is 29.6 Å². The van der Waals surface area contributed by atoms with E-state index in [0.717, 1.165) is 13.1 Å². The third-order valence-electron chi connectivity index (χ3n) is 6.26. The summed E-state index contributed by atoms with van der Waals surface area (Å²) in [5.41, 5.74) is 1.28. The number of ketones is 2. The fraction of sp³-hybridized carbons (Fsp3) is 0.429. The molecule has 0 saturated heterocycles. The molecule has 0 fully saturated rings. The molecule has 47 heavy (non-hydrogen) atoms. The number of benzene rings is 2. The van der Waals surface area contributed by atoms with Crippen molar-refractivity contribution in [2.45, 2.75) is 20.3 Å². The zero-order valence-electron chi connectivity index (χ0n) is 28.3. The standard InChI is InChI=1S/C35H48N4O8/c1-7-44-32-21-26(11-15-30(32)46-34(42)24-36-17-19-38(3)4)9-13-28(40)23-29(41)14-10-27-12-16-31(33(22-27)45-8-2)47-35(43)25-37-18-20-39(5)6/h9-16,21-22,36-37H,7-8,17-20,23-25H2,1-6H3/b13-9+,14-10+. The normalized spacial score (nSPS) is 11.4. The fourth-order valence-corrected chi connectivity index (χ4v) is 3.93. The van der Waals surface area contributed by atoms with Crippen molar-refractivity contribution in [3.05, 3.63) is 59.7 Å². The first-order valence-corrected chi connectivity index (χ1v) is 15.6. The third kappa shape index (κ3) is 16.2. The number of carbonyl (C=O) groups is 4. The van der Waals surface area contributed by atoms with Gasteiger partial charge in [-0.2, -0.15) is 0 Å². The highest BCUT2D eigenvalue weighted by Gasteiger charge is 2.13. The summed E-state index contributed by atoms with van der Waals surface area (Å²) in [6, 6.07) is 9.91. The maximum absolute atomic E-state index is 12.5. The first kappa shape index (κ1) is 38.8. The molecule has 256 valence electrons. The molecule has 0 amide bonds. The Morgan fingerprint density at radius 1 is 0.638 bits per heavy atom. The minimum Gasteiger partial charge on any atom is -0.490 e. The molecule has 0 saturated carbocycles. The Morgan fingerprint density at radius 3 is 1.40 bits per heavy atom. The van der Waals surface area contributed by atoms with Gasteiger partial charge >= 0.3 is 11.9 Å². The number of hydrogen-bond donors (Lipinski definition) is 2. The van der Waals surface area contributed by atoms with Crippen molar-refractivity contribution in [3.63, 3.8) is 0 Å². The second-order valence-corrected chi connectivity index (χ2v) is 11.0. The highest BCUT2D eigenvalue weighted by Crippen LogP contribution is 2.30. The van der Waals surface area contributed by atoms with E-state index in [4.69, 9.17) is 18.9 Å². The Kier molecular flexibility index (Phi) is 17.7. The Balaban J connectivity index is 1.95. The van der Waals surface area contributed by atoms with E-state index >= 15 is 0 Å². The summed E-state index contributed by atoms with van der Waals surface area (Å²) in [5, 5.41) is 6.06. The Bertz CT molecular complexity index is 1280. The number of rotatable bonds is 22. The molecule has 0 unspecified atom stereocenters. The van der Waals surface area contributed by atoms with Gasteiger partial charge in [-0.25, -0.2) is 0 Å². The minimum absolute atomic E-state index is 0.0576. The van der Waals surface area contributed by atoms with Gasteiger partial charge in [0.25, 0.3) is 0 Å². The summed E-state index contributed by atoms with van der Waals surface area (Å²) in [7, 11) is 7.79. The topological polar surface area (TPSA) is 136 Å². The van der Waals surface area contributed by atoms with E-state index in [0.29, 0.717) is 48.9 Å². The summed E-state index contributed by atoms with van der Waals surface area (Å²) in [6.07, 6.45) is 5.47. The first-order valence-electron chi connectivity index (χ1n) is 15.6. The van der Waals surface area contributed by atoms with Gasteiger partial charge in [0.05, 0.1) is 32.7 Å². The number of carbonyl (C=O) groups excluding carboxylic acids is 4. The summed E-state index contributed by atoms with van der Waals surface area (Å²) < 4.78 is 22.2. The second kappa shape index (κ2) is 21.4.